The van der Waals surface area contributed by atoms with Gasteiger partial charge in [-0.1, -0.05) is 17.7 Å². The van der Waals surface area contributed by atoms with Gasteiger partial charge in [0.15, 0.2) is 0 Å². The van der Waals surface area contributed by atoms with Gasteiger partial charge in [0.2, 0.25) is 5.95 Å². The first kappa shape index (κ1) is 22.7. The molecule has 0 fully saturated rings. The predicted molar refractivity (Wildman–Crippen MR) is 137 cm³/mol. The van der Waals surface area contributed by atoms with Gasteiger partial charge in [0, 0.05) is 35.2 Å². The van der Waals surface area contributed by atoms with Crippen molar-refractivity contribution >= 4 is 38.9 Å². The van der Waals surface area contributed by atoms with Crippen LogP contribution >= 0.6 is 0 Å². The molecule has 1 aliphatic rings. The Bertz CT molecular complexity index is 1470. The molecule has 5 rings (SSSR count). The zero-order valence-corrected chi connectivity index (χ0v) is 20.2. The van der Waals surface area contributed by atoms with Gasteiger partial charge in [-0.05, 0) is 74.0 Å². The van der Waals surface area contributed by atoms with E-state index in [1.807, 2.05) is 44.2 Å². The van der Waals surface area contributed by atoms with E-state index < -0.39 is 10.0 Å². The van der Waals surface area contributed by atoms with Crippen LogP contribution in [-0.2, 0) is 16.4 Å². The minimum absolute atomic E-state index is 0.217. The lowest BCUT2D eigenvalue weighted by Crippen LogP contribution is -2.13. The fourth-order valence-corrected chi connectivity index (χ4v) is 4.88. The summed E-state index contributed by atoms with van der Waals surface area (Å²) in [4.78, 5) is 9.21. The third-order valence-electron chi connectivity index (χ3n) is 5.54. The molecular weight excluding hydrogens is 462 g/mol. The second-order valence-electron chi connectivity index (χ2n) is 8.39. The maximum absolute atomic E-state index is 12.8. The number of aromatic nitrogens is 2. The molecule has 1 aliphatic heterocycles. The first-order valence-corrected chi connectivity index (χ1v) is 12.7. The Morgan fingerprint density at radius 2 is 1.49 bits per heavy atom. The summed E-state index contributed by atoms with van der Waals surface area (Å²) in [6, 6.07) is 21.8. The van der Waals surface area contributed by atoms with Crippen LogP contribution in [0, 0.1) is 13.8 Å². The monoisotopic (exact) mass is 487 g/mol. The van der Waals surface area contributed by atoms with Crippen molar-refractivity contribution < 1.29 is 13.2 Å². The lowest BCUT2D eigenvalue weighted by Gasteiger charge is -2.12. The molecule has 178 valence electrons. The molecule has 3 aromatic carbocycles. The van der Waals surface area contributed by atoms with Crippen molar-refractivity contribution in [2.24, 2.45) is 0 Å². The van der Waals surface area contributed by atoms with E-state index in [4.69, 9.17) is 4.74 Å². The fourth-order valence-electron chi connectivity index (χ4n) is 3.77. The molecule has 0 radical (unpaired) electrons. The average Bonchev–Trinajstić information content (AvgIpc) is 3.29. The Morgan fingerprint density at radius 3 is 2.26 bits per heavy atom. The van der Waals surface area contributed by atoms with Gasteiger partial charge in [-0.2, -0.15) is 4.98 Å². The van der Waals surface area contributed by atoms with E-state index in [9.17, 15) is 8.42 Å². The number of fused-ring (bicyclic) bond motifs is 1. The second kappa shape index (κ2) is 9.27. The largest absolute Gasteiger partial charge is 0.493 e. The summed E-state index contributed by atoms with van der Waals surface area (Å²) in [7, 11) is -3.71. The Balaban J connectivity index is 1.28. The summed E-state index contributed by atoms with van der Waals surface area (Å²) >= 11 is 0. The van der Waals surface area contributed by atoms with Crippen molar-refractivity contribution in [2.75, 3.05) is 22.0 Å². The van der Waals surface area contributed by atoms with Crippen LogP contribution in [0.5, 0.6) is 5.75 Å². The highest BCUT2D eigenvalue weighted by molar-refractivity contribution is 7.92. The molecular formula is C26H25N5O3S. The highest BCUT2D eigenvalue weighted by Gasteiger charge is 2.19. The summed E-state index contributed by atoms with van der Waals surface area (Å²) in [6.07, 6.45) is 0.712. The highest BCUT2D eigenvalue weighted by atomic mass is 32.2. The molecule has 2 heterocycles. The zero-order valence-electron chi connectivity index (χ0n) is 19.4. The molecule has 0 saturated carbocycles. The number of ether oxygens (including phenoxy) is 1. The predicted octanol–water partition coefficient (Wildman–Crippen LogP) is 5.32. The molecule has 0 saturated heterocycles. The first-order chi connectivity index (χ1) is 16.8. The number of sulfonamides is 1. The quantitative estimate of drug-likeness (QED) is 0.324. The first-order valence-electron chi connectivity index (χ1n) is 11.2. The van der Waals surface area contributed by atoms with Crippen LogP contribution in [-0.4, -0.2) is 25.0 Å². The molecule has 1 aromatic heterocycles. The van der Waals surface area contributed by atoms with E-state index in [1.165, 1.54) is 5.56 Å². The molecule has 0 amide bonds. The summed E-state index contributed by atoms with van der Waals surface area (Å²) in [5.41, 5.74) is 5.02. The summed E-state index contributed by atoms with van der Waals surface area (Å²) < 4.78 is 33.8. The van der Waals surface area contributed by atoms with Gasteiger partial charge in [0.1, 0.15) is 11.6 Å². The van der Waals surface area contributed by atoms with E-state index >= 15 is 0 Å². The van der Waals surface area contributed by atoms with Crippen LogP contribution in [0.3, 0.4) is 0 Å². The molecule has 9 heteroatoms. The molecule has 0 spiro atoms. The average molecular weight is 488 g/mol. The van der Waals surface area contributed by atoms with Crippen molar-refractivity contribution in [3.05, 3.63) is 89.6 Å². The molecule has 0 unspecified atom stereocenters. The van der Waals surface area contributed by atoms with Crippen LogP contribution in [0.25, 0.3) is 0 Å². The van der Waals surface area contributed by atoms with E-state index in [1.54, 1.807) is 42.5 Å². The van der Waals surface area contributed by atoms with Crippen LogP contribution in [0.2, 0.25) is 0 Å². The van der Waals surface area contributed by atoms with Gasteiger partial charge >= 0.3 is 0 Å². The SMILES string of the molecule is Cc1ccc(Nc2nc(C)cc(Nc3ccc(NS(=O)(=O)c4ccc5c(c4)CCO5)cc3)n2)cc1. The summed E-state index contributed by atoms with van der Waals surface area (Å²) in [5, 5.41) is 6.47. The Labute approximate surface area is 204 Å². The van der Waals surface area contributed by atoms with Crippen LogP contribution in [0.4, 0.5) is 28.8 Å². The summed E-state index contributed by atoms with van der Waals surface area (Å²) in [5.74, 6) is 1.86. The maximum atomic E-state index is 12.8. The van der Waals surface area contributed by atoms with E-state index in [0.717, 1.165) is 28.4 Å². The van der Waals surface area contributed by atoms with Crippen molar-refractivity contribution in [3.8, 4) is 5.75 Å². The smallest absolute Gasteiger partial charge is 0.261 e. The van der Waals surface area contributed by atoms with Gasteiger partial charge in [-0.3, -0.25) is 4.72 Å². The topological polar surface area (TPSA) is 105 Å². The number of nitrogens with zero attached hydrogens (tertiary/aromatic N) is 2. The molecule has 35 heavy (non-hydrogen) atoms. The van der Waals surface area contributed by atoms with Crippen molar-refractivity contribution in [2.45, 2.75) is 25.2 Å². The van der Waals surface area contributed by atoms with E-state index in [2.05, 4.69) is 25.3 Å². The summed E-state index contributed by atoms with van der Waals surface area (Å²) in [6.45, 7) is 4.51. The van der Waals surface area contributed by atoms with Crippen molar-refractivity contribution in [1.82, 2.24) is 9.97 Å². The van der Waals surface area contributed by atoms with Gasteiger partial charge in [-0.15, -0.1) is 0 Å². The lowest BCUT2D eigenvalue weighted by molar-refractivity contribution is 0.356. The number of nitrogens with one attached hydrogen (secondary N) is 3. The highest BCUT2D eigenvalue weighted by Crippen LogP contribution is 2.29. The minimum Gasteiger partial charge on any atom is -0.493 e. The molecule has 0 aliphatic carbocycles. The second-order valence-corrected chi connectivity index (χ2v) is 10.1. The molecule has 4 aromatic rings. The standard InChI is InChI=1S/C26H25N5O3S/c1-17-3-5-21(6-4-17)29-26-27-18(2)15-25(30-26)28-20-7-9-22(10-8-20)31-35(32,33)23-11-12-24-19(16-23)13-14-34-24/h3-12,15-16,31H,13-14H2,1-2H3,(H2,27,28,29,30). The van der Waals surface area contributed by atoms with Crippen LogP contribution < -0.4 is 20.1 Å². The van der Waals surface area contributed by atoms with Gasteiger partial charge in [-0.25, -0.2) is 13.4 Å². The van der Waals surface area contributed by atoms with Gasteiger partial charge < -0.3 is 15.4 Å². The number of benzene rings is 3. The van der Waals surface area contributed by atoms with Crippen molar-refractivity contribution in [1.29, 1.82) is 0 Å². The third-order valence-corrected chi connectivity index (χ3v) is 6.92. The van der Waals surface area contributed by atoms with Crippen LogP contribution in [0.1, 0.15) is 16.8 Å². The normalized spacial score (nSPS) is 12.5. The number of anilines is 5. The molecule has 8 nitrogen and oxygen atoms in total. The Kier molecular flexibility index (Phi) is 6.00. The lowest BCUT2D eigenvalue weighted by atomic mass is 10.2. The number of rotatable bonds is 7. The van der Waals surface area contributed by atoms with Crippen LogP contribution in [0.15, 0.2) is 77.7 Å². The molecule has 0 atom stereocenters. The molecule has 0 bridgehead atoms. The van der Waals surface area contributed by atoms with E-state index in [0.29, 0.717) is 30.5 Å². The molecule has 3 N–H and O–H groups in total. The fraction of sp³-hybridized carbons (Fsp3) is 0.154. The Hall–Kier alpha value is -4.11. The number of hydrogen-bond acceptors (Lipinski definition) is 7. The maximum Gasteiger partial charge on any atom is 0.261 e. The minimum atomic E-state index is -3.71. The van der Waals surface area contributed by atoms with Gasteiger partial charge in [0.25, 0.3) is 10.0 Å². The number of hydrogen-bond donors (Lipinski definition) is 3. The van der Waals surface area contributed by atoms with Crippen molar-refractivity contribution in [3.63, 3.8) is 0 Å². The van der Waals surface area contributed by atoms with E-state index in [-0.39, 0.29) is 4.90 Å². The van der Waals surface area contributed by atoms with Gasteiger partial charge in [0.05, 0.1) is 11.5 Å². The third kappa shape index (κ3) is 5.36. The number of aryl methyl sites for hydroxylation is 2. The Morgan fingerprint density at radius 1 is 0.800 bits per heavy atom. The zero-order chi connectivity index (χ0) is 24.4.